The van der Waals surface area contributed by atoms with Crippen molar-refractivity contribution in [3.8, 4) is 0 Å². The van der Waals surface area contributed by atoms with Gasteiger partial charge in [0.15, 0.2) is 0 Å². The molecule has 0 amide bonds. The maximum Gasteiger partial charge on any atom is 0.315 e. The fraction of sp³-hybridized carbons (Fsp3) is 0.778. The van der Waals surface area contributed by atoms with Gasteiger partial charge in [-0.25, -0.2) is 0 Å². The van der Waals surface area contributed by atoms with Crippen LogP contribution in [0.1, 0.15) is 73.6 Å². The molecular formula is C27H40O9. The van der Waals surface area contributed by atoms with Gasteiger partial charge in [-0.1, -0.05) is 13.0 Å². The fourth-order valence-electron chi connectivity index (χ4n) is 7.54. The second-order valence-corrected chi connectivity index (χ2v) is 11.2. The van der Waals surface area contributed by atoms with E-state index in [2.05, 4.69) is 13.5 Å². The molecule has 0 radical (unpaired) electrons. The minimum absolute atomic E-state index is 0.0655. The van der Waals surface area contributed by atoms with E-state index < -0.39 is 58.1 Å². The lowest BCUT2D eigenvalue weighted by Crippen LogP contribution is -2.71. The monoisotopic (exact) mass is 508 g/mol. The van der Waals surface area contributed by atoms with Crippen LogP contribution >= 0.6 is 0 Å². The number of hydrogen-bond acceptors (Lipinski definition) is 9. The van der Waals surface area contributed by atoms with Crippen LogP contribution in [0.15, 0.2) is 12.7 Å². The second kappa shape index (κ2) is 9.80. The molecule has 0 N–H and O–H groups in total. The lowest BCUT2D eigenvalue weighted by atomic mass is 9.42. The number of carbonyl (C=O) groups is 4. The molecule has 2 saturated carbocycles. The van der Waals surface area contributed by atoms with E-state index in [9.17, 15) is 19.2 Å². The second-order valence-electron chi connectivity index (χ2n) is 11.2. The van der Waals surface area contributed by atoms with E-state index in [1.165, 1.54) is 27.9 Å². The summed E-state index contributed by atoms with van der Waals surface area (Å²) in [6, 6.07) is 0. The van der Waals surface area contributed by atoms with Crippen LogP contribution in [0.2, 0.25) is 0 Å². The smallest absolute Gasteiger partial charge is 0.315 e. The molecule has 0 aromatic rings. The number of esters is 4. The molecule has 3 rings (SSSR count). The number of fused-ring (bicyclic) bond motifs is 3. The van der Waals surface area contributed by atoms with Crippen molar-refractivity contribution >= 4 is 23.9 Å². The quantitative estimate of drug-likeness (QED) is 0.302. The van der Waals surface area contributed by atoms with Crippen molar-refractivity contribution < 1.29 is 42.9 Å². The summed E-state index contributed by atoms with van der Waals surface area (Å²) in [5.74, 6) is -2.23. The average Bonchev–Trinajstić information content (AvgIpc) is 2.79. The lowest BCUT2D eigenvalue weighted by Gasteiger charge is -2.67. The molecule has 0 aromatic carbocycles. The van der Waals surface area contributed by atoms with Gasteiger partial charge in [0.25, 0.3) is 0 Å². The zero-order valence-corrected chi connectivity index (χ0v) is 22.5. The molecule has 36 heavy (non-hydrogen) atoms. The SMILES string of the molecule is C=C[C@@]1(COC(C)=O)CCC2[C@@]3(C)C(CC[C@]2(C)O1)[C@@](C)(C(=O)OC)[C@H](OC(C)=O)C[C@@H]3OC(C)=O. The predicted octanol–water partition coefficient (Wildman–Crippen LogP) is 3.52. The van der Waals surface area contributed by atoms with Crippen molar-refractivity contribution in [2.75, 3.05) is 13.7 Å². The van der Waals surface area contributed by atoms with E-state index in [0.29, 0.717) is 25.7 Å². The van der Waals surface area contributed by atoms with Crippen LogP contribution in [0, 0.1) is 22.7 Å². The average molecular weight is 509 g/mol. The summed E-state index contributed by atoms with van der Waals surface area (Å²) in [5.41, 5.74) is -3.33. The Bertz CT molecular complexity index is 930. The molecule has 202 valence electrons. The summed E-state index contributed by atoms with van der Waals surface area (Å²) in [6.07, 6.45) is 2.81. The van der Waals surface area contributed by atoms with Crippen LogP contribution < -0.4 is 0 Å². The van der Waals surface area contributed by atoms with Crippen molar-refractivity contribution in [2.24, 2.45) is 22.7 Å². The number of ether oxygens (including phenoxy) is 5. The molecule has 1 saturated heterocycles. The standard InChI is InChI=1S/C27H40O9/c1-9-27(15-33-16(2)28)13-11-19-24(5,36-27)12-10-20-25(19,6)21(34-17(3)29)14-22(35-18(4)30)26(20,7)23(31)32-8/h9,19-22H,1,10-15H2,2-8H3/t19?,20?,21-,22+,24-,25-,26+,27-/m0/s1. The first kappa shape index (κ1) is 28.2. The maximum atomic E-state index is 13.3. The highest BCUT2D eigenvalue weighted by atomic mass is 16.6. The topological polar surface area (TPSA) is 114 Å². The molecule has 3 fully saturated rings. The van der Waals surface area contributed by atoms with Gasteiger partial charge in [-0.2, -0.15) is 0 Å². The lowest BCUT2D eigenvalue weighted by molar-refractivity contribution is -0.296. The molecule has 2 unspecified atom stereocenters. The first-order chi connectivity index (χ1) is 16.7. The first-order valence-corrected chi connectivity index (χ1v) is 12.6. The van der Waals surface area contributed by atoms with Crippen molar-refractivity contribution in [3.63, 3.8) is 0 Å². The van der Waals surface area contributed by atoms with E-state index in [0.717, 1.165) is 0 Å². The molecule has 1 aliphatic heterocycles. The third kappa shape index (κ3) is 4.55. The number of methoxy groups -OCH3 is 1. The third-order valence-corrected chi connectivity index (χ3v) is 9.11. The Labute approximate surface area is 213 Å². The van der Waals surface area contributed by atoms with Gasteiger partial charge in [0, 0.05) is 32.6 Å². The summed E-state index contributed by atoms with van der Waals surface area (Å²) in [4.78, 5) is 49.1. The van der Waals surface area contributed by atoms with Crippen LogP contribution in [0.4, 0.5) is 0 Å². The summed E-state index contributed by atoms with van der Waals surface area (Å²) in [7, 11) is 1.33. The molecule has 0 bridgehead atoms. The Balaban J connectivity index is 2.09. The Kier molecular flexibility index (Phi) is 7.66. The molecule has 8 atom stereocenters. The van der Waals surface area contributed by atoms with Crippen LogP contribution in [0.3, 0.4) is 0 Å². The molecule has 2 aliphatic carbocycles. The van der Waals surface area contributed by atoms with Crippen molar-refractivity contribution in [3.05, 3.63) is 12.7 Å². The van der Waals surface area contributed by atoms with Gasteiger partial charge in [0.05, 0.1) is 12.7 Å². The number of carbonyl (C=O) groups excluding carboxylic acids is 4. The molecule has 0 spiro atoms. The minimum atomic E-state index is -1.14. The zero-order valence-electron chi connectivity index (χ0n) is 22.5. The summed E-state index contributed by atoms with van der Waals surface area (Å²) in [6.45, 7) is 13.9. The van der Waals surface area contributed by atoms with Crippen LogP contribution in [0.25, 0.3) is 0 Å². The van der Waals surface area contributed by atoms with E-state index in [1.807, 2.05) is 6.92 Å². The van der Waals surface area contributed by atoms with Gasteiger partial charge in [-0.15, -0.1) is 6.58 Å². The molecule has 9 nitrogen and oxygen atoms in total. The maximum absolute atomic E-state index is 13.3. The molecular weight excluding hydrogens is 468 g/mol. The van der Waals surface area contributed by atoms with Gasteiger partial charge >= 0.3 is 23.9 Å². The van der Waals surface area contributed by atoms with Crippen molar-refractivity contribution in [1.29, 1.82) is 0 Å². The van der Waals surface area contributed by atoms with Gasteiger partial charge in [0.2, 0.25) is 0 Å². The first-order valence-electron chi connectivity index (χ1n) is 12.6. The molecule has 1 heterocycles. The van der Waals surface area contributed by atoms with E-state index in [1.54, 1.807) is 13.0 Å². The minimum Gasteiger partial charge on any atom is -0.468 e. The van der Waals surface area contributed by atoms with Crippen molar-refractivity contribution in [2.45, 2.75) is 97.1 Å². The normalized spacial score (nSPS) is 41.6. The highest BCUT2D eigenvalue weighted by molar-refractivity contribution is 5.79. The fourth-order valence-corrected chi connectivity index (χ4v) is 7.54. The van der Waals surface area contributed by atoms with Crippen LogP contribution in [-0.4, -0.2) is 61.0 Å². The Morgan fingerprint density at radius 3 is 2.03 bits per heavy atom. The Morgan fingerprint density at radius 1 is 0.917 bits per heavy atom. The van der Waals surface area contributed by atoms with Crippen molar-refractivity contribution in [1.82, 2.24) is 0 Å². The predicted molar refractivity (Wildman–Crippen MR) is 128 cm³/mol. The third-order valence-electron chi connectivity index (χ3n) is 9.11. The zero-order chi connectivity index (χ0) is 27.1. The Hall–Kier alpha value is -2.42. The van der Waals surface area contributed by atoms with Gasteiger partial charge < -0.3 is 23.7 Å². The molecule has 0 aromatic heterocycles. The van der Waals surface area contributed by atoms with Crippen LogP contribution in [-0.2, 0) is 42.9 Å². The van der Waals surface area contributed by atoms with E-state index in [-0.39, 0.29) is 24.9 Å². The summed E-state index contributed by atoms with van der Waals surface area (Å²) in [5, 5.41) is 0. The molecule has 3 aliphatic rings. The molecule has 9 heteroatoms. The summed E-state index contributed by atoms with van der Waals surface area (Å²) >= 11 is 0. The number of rotatable bonds is 6. The number of hydrogen-bond donors (Lipinski definition) is 0. The van der Waals surface area contributed by atoms with Gasteiger partial charge in [0.1, 0.15) is 29.8 Å². The van der Waals surface area contributed by atoms with Gasteiger partial charge in [-0.05, 0) is 51.4 Å². The summed E-state index contributed by atoms with van der Waals surface area (Å²) < 4.78 is 28.9. The Morgan fingerprint density at radius 2 is 1.50 bits per heavy atom. The van der Waals surface area contributed by atoms with E-state index >= 15 is 0 Å². The highest BCUT2D eigenvalue weighted by Crippen LogP contribution is 2.67. The van der Waals surface area contributed by atoms with Crippen LogP contribution in [0.5, 0.6) is 0 Å². The van der Waals surface area contributed by atoms with Gasteiger partial charge in [-0.3, -0.25) is 19.2 Å². The highest BCUT2D eigenvalue weighted by Gasteiger charge is 2.71. The van der Waals surface area contributed by atoms with E-state index in [4.69, 9.17) is 23.7 Å². The largest absolute Gasteiger partial charge is 0.468 e.